The molecular formula is C17H15FO4. The Morgan fingerprint density at radius 1 is 1.00 bits per heavy atom. The molecule has 0 fully saturated rings. The van der Waals surface area contributed by atoms with Crippen LogP contribution in [0.5, 0.6) is 0 Å². The number of hydrogen-bond donors (Lipinski definition) is 0. The van der Waals surface area contributed by atoms with Crippen LogP contribution in [0.1, 0.15) is 15.9 Å². The van der Waals surface area contributed by atoms with Crippen molar-refractivity contribution in [2.45, 2.75) is 6.42 Å². The number of hydrogen-bond acceptors (Lipinski definition) is 4. The fraction of sp³-hybridized carbons (Fsp3) is 0.176. The summed E-state index contributed by atoms with van der Waals surface area (Å²) in [6.45, 7) is 0. The van der Waals surface area contributed by atoms with E-state index in [1.165, 1.54) is 26.4 Å². The Balaban J connectivity index is 2.32. The van der Waals surface area contributed by atoms with Crippen LogP contribution in [0.25, 0.3) is 11.1 Å². The third kappa shape index (κ3) is 3.49. The number of halogens is 1. The molecule has 0 spiro atoms. The van der Waals surface area contributed by atoms with Crippen molar-refractivity contribution >= 4 is 11.9 Å². The van der Waals surface area contributed by atoms with Gasteiger partial charge < -0.3 is 9.47 Å². The Bertz CT molecular complexity index is 710. The first-order valence-corrected chi connectivity index (χ1v) is 6.59. The summed E-state index contributed by atoms with van der Waals surface area (Å²) in [6.07, 6.45) is 0.146. The van der Waals surface area contributed by atoms with Gasteiger partial charge in [0.15, 0.2) is 0 Å². The lowest BCUT2D eigenvalue weighted by Gasteiger charge is -2.07. The Morgan fingerprint density at radius 3 is 2.36 bits per heavy atom. The smallest absolute Gasteiger partial charge is 0.340 e. The largest absolute Gasteiger partial charge is 0.469 e. The van der Waals surface area contributed by atoms with Crippen molar-refractivity contribution in [3.05, 3.63) is 59.4 Å². The maximum absolute atomic E-state index is 14.0. The first-order valence-electron chi connectivity index (χ1n) is 6.59. The van der Waals surface area contributed by atoms with Crippen LogP contribution in [0.2, 0.25) is 0 Å². The molecule has 2 aromatic rings. The van der Waals surface area contributed by atoms with Crippen LogP contribution in [0.3, 0.4) is 0 Å². The van der Waals surface area contributed by atoms with E-state index in [2.05, 4.69) is 9.47 Å². The minimum Gasteiger partial charge on any atom is -0.469 e. The van der Waals surface area contributed by atoms with Gasteiger partial charge in [0.05, 0.1) is 26.2 Å². The van der Waals surface area contributed by atoms with Crippen molar-refractivity contribution in [1.82, 2.24) is 0 Å². The maximum Gasteiger partial charge on any atom is 0.340 e. The van der Waals surface area contributed by atoms with Crippen LogP contribution in [0.4, 0.5) is 4.39 Å². The summed E-state index contributed by atoms with van der Waals surface area (Å²) < 4.78 is 23.1. The zero-order valence-corrected chi connectivity index (χ0v) is 12.3. The molecule has 0 aromatic heterocycles. The molecule has 2 rings (SSSR count). The SMILES string of the molecule is COC(=O)Cc1cccc(-c2ccc(C(=O)OC)c(F)c2)c1. The second-order valence-corrected chi connectivity index (χ2v) is 4.64. The summed E-state index contributed by atoms with van der Waals surface area (Å²) in [5.74, 6) is -1.71. The third-order valence-electron chi connectivity index (χ3n) is 3.21. The van der Waals surface area contributed by atoms with E-state index in [9.17, 15) is 14.0 Å². The lowest BCUT2D eigenvalue weighted by molar-refractivity contribution is -0.139. The van der Waals surface area contributed by atoms with Gasteiger partial charge in [-0.25, -0.2) is 9.18 Å². The van der Waals surface area contributed by atoms with Gasteiger partial charge in [-0.2, -0.15) is 0 Å². The predicted octanol–water partition coefficient (Wildman–Crippen LogP) is 2.99. The highest BCUT2D eigenvalue weighted by Gasteiger charge is 2.13. The molecule has 114 valence electrons. The summed E-state index contributed by atoms with van der Waals surface area (Å²) in [5, 5.41) is 0. The Labute approximate surface area is 127 Å². The average Bonchev–Trinajstić information content (AvgIpc) is 2.54. The normalized spacial score (nSPS) is 10.1. The molecule has 0 unspecified atom stereocenters. The van der Waals surface area contributed by atoms with E-state index in [1.807, 2.05) is 0 Å². The molecule has 0 N–H and O–H groups in total. The Morgan fingerprint density at radius 2 is 1.73 bits per heavy atom. The molecule has 0 saturated carbocycles. The summed E-state index contributed by atoms with van der Waals surface area (Å²) >= 11 is 0. The third-order valence-corrected chi connectivity index (χ3v) is 3.21. The van der Waals surface area contributed by atoms with E-state index >= 15 is 0 Å². The maximum atomic E-state index is 14.0. The van der Waals surface area contributed by atoms with Gasteiger partial charge in [-0.15, -0.1) is 0 Å². The van der Waals surface area contributed by atoms with Crippen molar-refractivity contribution < 1.29 is 23.5 Å². The van der Waals surface area contributed by atoms with Crippen molar-refractivity contribution in [3.8, 4) is 11.1 Å². The molecule has 4 nitrogen and oxygen atoms in total. The van der Waals surface area contributed by atoms with Gasteiger partial charge in [0.2, 0.25) is 0 Å². The molecule has 0 radical (unpaired) electrons. The number of rotatable bonds is 4. The fourth-order valence-electron chi connectivity index (χ4n) is 2.07. The molecular weight excluding hydrogens is 287 g/mol. The summed E-state index contributed by atoms with van der Waals surface area (Å²) in [6, 6.07) is 11.4. The molecule has 2 aromatic carbocycles. The quantitative estimate of drug-likeness (QED) is 0.815. The molecule has 0 atom stereocenters. The van der Waals surface area contributed by atoms with Crippen molar-refractivity contribution in [3.63, 3.8) is 0 Å². The van der Waals surface area contributed by atoms with Crippen molar-refractivity contribution in [2.24, 2.45) is 0 Å². The van der Waals surface area contributed by atoms with Gasteiger partial charge in [-0.3, -0.25) is 4.79 Å². The van der Waals surface area contributed by atoms with Crippen LogP contribution in [-0.2, 0) is 20.7 Å². The molecule has 0 aliphatic carbocycles. The minimum atomic E-state index is -0.719. The Hall–Kier alpha value is -2.69. The van der Waals surface area contributed by atoms with Crippen LogP contribution < -0.4 is 0 Å². The zero-order valence-electron chi connectivity index (χ0n) is 12.3. The first-order chi connectivity index (χ1) is 10.5. The number of carbonyl (C=O) groups is 2. The number of carbonyl (C=O) groups excluding carboxylic acids is 2. The molecule has 0 amide bonds. The van der Waals surface area contributed by atoms with E-state index in [1.54, 1.807) is 30.3 Å². The molecule has 0 heterocycles. The molecule has 0 aliphatic heterocycles. The van der Waals surface area contributed by atoms with Crippen molar-refractivity contribution in [1.29, 1.82) is 0 Å². The van der Waals surface area contributed by atoms with Gasteiger partial charge in [0.25, 0.3) is 0 Å². The van der Waals surface area contributed by atoms with E-state index in [0.29, 0.717) is 5.56 Å². The monoisotopic (exact) mass is 302 g/mol. The van der Waals surface area contributed by atoms with Gasteiger partial charge in [0.1, 0.15) is 5.82 Å². The fourth-order valence-corrected chi connectivity index (χ4v) is 2.07. The molecule has 0 bridgehead atoms. The second kappa shape index (κ2) is 6.85. The second-order valence-electron chi connectivity index (χ2n) is 4.64. The van der Waals surface area contributed by atoms with E-state index in [4.69, 9.17) is 0 Å². The number of benzene rings is 2. The average molecular weight is 302 g/mol. The van der Waals surface area contributed by atoms with E-state index < -0.39 is 11.8 Å². The van der Waals surface area contributed by atoms with Crippen LogP contribution >= 0.6 is 0 Å². The van der Waals surface area contributed by atoms with Crippen LogP contribution in [-0.4, -0.2) is 26.2 Å². The van der Waals surface area contributed by atoms with Crippen LogP contribution in [0.15, 0.2) is 42.5 Å². The molecule has 22 heavy (non-hydrogen) atoms. The highest BCUT2D eigenvalue weighted by Crippen LogP contribution is 2.23. The predicted molar refractivity (Wildman–Crippen MR) is 78.9 cm³/mol. The first kappa shape index (κ1) is 15.7. The van der Waals surface area contributed by atoms with E-state index in [0.717, 1.165) is 11.1 Å². The molecule has 5 heteroatoms. The lowest BCUT2D eigenvalue weighted by atomic mass is 10.0. The highest BCUT2D eigenvalue weighted by atomic mass is 19.1. The molecule has 0 saturated heterocycles. The van der Waals surface area contributed by atoms with Crippen molar-refractivity contribution in [2.75, 3.05) is 14.2 Å². The lowest BCUT2D eigenvalue weighted by Crippen LogP contribution is -2.05. The summed E-state index contributed by atoms with van der Waals surface area (Å²) in [7, 11) is 2.53. The summed E-state index contributed by atoms with van der Waals surface area (Å²) in [4.78, 5) is 22.7. The topological polar surface area (TPSA) is 52.6 Å². The Kier molecular flexibility index (Phi) is 4.88. The standard InChI is InChI=1S/C17H15FO4/c1-21-16(19)9-11-4-3-5-12(8-11)13-6-7-14(15(18)10-13)17(20)22-2/h3-8,10H,9H2,1-2H3. The van der Waals surface area contributed by atoms with Gasteiger partial charge in [-0.05, 0) is 28.8 Å². The van der Waals surface area contributed by atoms with Crippen LogP contribution in [0, 0.1) is 5.82 Å². The summed E-state index contributed by atoms with van der Waals surface area (Å²) in [5.41, 5.74) is 2.01. The van der Waals surface area contributed by atoms with E-state index in [-0.39, 0.29) is 18.0 Å². The van der Waals surface area contributed by atoms with Gasteiger partial charge >= 0.3 is 11.9 Å². The number of esters is 2. The zero-order chi connectivity index (χ0) is 16.1. The van der Waals surface area contributed by atoms with Gasteiger partial charge in [0, 0.05) is 0 Å². The van der Waals surface area contributed by atoms with Gasteiger partial charge in [-0.1, -0.05) is 30.3 Å². The number of methoxy groups -OCH3 is 2. The molecule has 0 aliphatic rings. The number of ether oxygens (including phenoxy) is 2. The highest BCUT2D eigenvalue weighted by molar-refractivity contribution is 5.90. The minimum absolute atomic E-state index is 0.114.